The Bertz CT molecular complexity index is 858. The van der Waals surface area contributed by atoms with E-state index < -0.39 is 4.92 Å². The van der Waals surface area contributed by atoms with E-state index in [4.69, 9.17) is 9.47 Å². The fourth-order valence-electron chi connectivity index (χ4n) is 2.82. The monoisotopic (exact) mass is 386 g/mol. The Kier molecular flexibility index (Phi) is 6.15. The van der Waals surface area contributed by atoms with Crippen LogP contribution in [0.1, 0.15) is 18.5 Å². The standard InChI is InChI=1S/C19H22N4O5/c1-13(14-6-7-17-18(12-14)28-11-10-27-17)22-19(24)21-9-8-20-15-4-2-3-5-16(15)23(25)26/h2-7,12-13,20H,8-11H2,1H3,(H2,21,22,24). The lowest BCUT2D eigenvalue weighted by atomic mass is 10.1. The van der Waals surface area contributed by atoms with Crippen molar-refractivity contribution >= 4 is 17.4 Å². The van der Waals surface area contributed by atoms with E-state index in [0.29, 0.717) is 43.5 Å². The number of nitrogens with zero attached hydrogens (tertiary/aromatic N) is 1. The van der Waals surface area contributed by atoms with Crippen molar-refractivity contribution in [3.63, 3.8) is 0 Å². The SMILES string of the molecule is CC(NC(=O)NCCNc1ccccc1[N+](=O)[O-])c1ccc2c(c1)OCCO2. The zero-order chi connectivity index (χ0) is 19.9. The molecule has 1 aliphatic heterocycles. The first-order valence-electron chi connectivity index (χ1n) is 8.96. The van der Waals surface area contributed by atoms with E-state index in [1.54, 1.807) is 18.2 Å². The lowest BCUT2D eigenvalue weighted by Gasteiger charge is -2.21. The van der Waals surface area contributed by atoms with Crippen LogP contribution in [0.2, 0.25) is 0 Å². The molecular formula is C19H22N4O5. The van der Waals surface area contributed by atoms with E-state index in [2.05, 4.69) is 16.0 Å². The summed E-state index contributed by atoms with van der Waals surface area (Å²) in [6.45, 7) is 3.58. The first-order valence-corrected chi connectivity index (χ1v) is 8.96. The number of hydrogen-bond acceptors (Lipinski definition) is 6. The zero-order valence-corrected chi connectivity index (χ0v) is 15.4. The molecule has 3 rings (SSSR count). The molecule has 0 aliphatic carbocycles. The Morgan fingerprint density at radius 1 is 1.14 bits per heavy atom. The molecule has 1 aliphatic rings. The Balaban J connectivity index is 1.45. The Morgan fingerprint density at radius 3 is 2.68 bits per heavy atom. The molecule has 148 valence electrons. The Morgan fingerprint density at radius 2 is 1.89 bits per heavy atom. The minimum atomic E-state index is -0.447. The molecule has 1 atom stereocenters. The summed E-state index contributed by atoms with van der Waals surface area (Å²) < 4.78 is 11.0. The fraction of sp³-hybridized carbons (Fsp3) is 0.316. The molecule has 0 spiro atoms. The highest BCUT2D eigenvalue weighted by molar-refractivity contribution is 5.74. The summed E-state index contributed by atoms with van der Waals surface area (Å²) in [5, 5.41) is 19.5. The largest absolute Gasteiger partial charge is 0.486 e. The number of amides is 2. The third kappa shape index (κ3) is 4.81. The van der Waals surface area contributed by atoms with E-state index in [9.17, 15) is 14.9 Å². The number of rotatable bonds is 7. The van der Waals surface area contributed by atoms with Crippen LogP contribution in [0.5, 0.6) is 11.5 Å². The van der Waals surface area contributed by atoms with Crippen molar-refractivity contribution < 1.29 is 19.2 Å². The third-order valence-electron chi connectivity index (χ3n) is 4.24. The van der Waals surface area contributed by atoms with Crippen molar-refractivity contribution in [1.29, 1.82) is 0 Å². The van der Waals surface area contributed by atoms with Crippen LogP contribution >= 0.6 is 0 Å². The highest BCUT2D eigenvalue weighted by atomic mass is 16.6. The maximum absolute atomic E-state index is 12.1. The Labute approximate surface area is 162 Å². The summed E-state index contributed by atoms with van der Waals surface area (Å²) >= 11 is 0. The van der Waals surface area contributed by atoms with Crippen LogP contribution in [0.3, 0.4) is 0 Å². The summed E-state index contributed by atoms with van der Waals surface area (Å²) in [5.41, 5.74) is 1.32. The van der Waals surface area contributed by atoms with Crippen LogP contribution in [0.15, 0.2) is 42.5 Å². The summed E-state index contributed by atoms with van der Waals surface area (Å²) in [6.07, 6.45) is 0. The minimum Gasteiger partial charge on any atom is -0.486 e. The molecule has 1 heterocycles. The average molecular weight is 386 g/mol. The molecule has 2 amide bonds. The molecule has 2 aromatic rings. The second-order valence-electron chi connectivity index (χ2n) is 6.23. The fourth-order valence-corrected chi connectivity index (χ4v) is 2.82. The lowest BCUT2D eigenvalue weighted by molar-refractivity contribution is -0.384. The molecule has 3 N–H and O–H groups in total. The van der Waals surface area contributed by atoms with Gasteiger partial charge in [-0.1, -0.05) is 18.2 Å². The first kappa shape index (κ1) is 19.3. The van der Waals surface area contributed by atoms with E-state index in [1.807, 2.05) is 25.1 Å². The summed E-state index contributed by atoms with van der Waals surface area (Å²) in [4.78, 5) is 22.6. The summed E-state index contributed by atoms with van der Waals surface area (Å²) in [7, 11) is 0. The van der Waals surface area contributed by atoms with Gasteiger partial charge in [0.05, 0.1) is 11.0 Å². The molecule has 1 unspecified atom stereocenters. The van der Waals surface area contributed by atoms with E-state index >= 15 is 0 Å². The second kappa shape index (κ2) is 8.94. The summed E-state index contributed by atoms with van der Waals surface area (Å²) in [5.74, 6) is 1.37. The molecule has 0 bridgehead atoms. The predicted molar refractivity (Wildman–Crippen MR) is 104 cm³/mol. The quantitative estimate of drug-likeness (QED) is 0.383. The molecular weight excluding hydrogens is 364 g/mol. The highest BCUT2D eigenvalue weighted by Crippen LogP contribution is 2.32. The normalized spacial score (nSPS) is 13.3. The second-order valence-corrected chi connectivity index (χ2v) is 6.23. The molecule has 0 saturated heterocycles. The van der Waals surface area contributed by atoms with Crippen molar-refractivity contribution in [3.05, 3.63) is 58.1 Å². The van der Waals surface area contributed by atoms with E-state index in [0.717, 1.165) is 5.56 Å². The van der Waals surface area contributed by atoms with Crippen LogP contribution in [0, 0.1) is 10.1 Å². The van der Waals surface area contributed by atoms with Gasteiger partial charge in [-0.05, 0) is 30.7 Å². The lowest BCUT2D eigenvalue weighted by Crippen LogP contribution is -2.39. The van der Waals surface area contributed by atoms with Crippen molar-refractivity contribution in [3.8, 4) is 11.5 Å². The number of hydrogen-bond donors (Lipinski definition) is 3. The molecule has 0 aromatic heterocycles. The van der Waals surface area contributed by atoms with Crippen LogP contribution in [0.25, 0.3) is 0 Å². The average Bonchev–Trinajstić information content (AvgIpc) is 2.71. The smallest absolute Gasteiger partial charge is 0.315 e. The number of carbonyl (C=O) groups excluding carboxylic acids is 1. The highest BCUT2D eigenvalue weighted by Gasteiger charge is 2.16. The van der Waals surface area contributed by atoms with Gasteiger partial charge in [0, 0.05) is 19.2 Å². The molecule has 0 fully saturated rings. The van der Waals surface area contributed by atoms with Crippen molar-refractivity contribution in [2.24, 2.45) is 0 Å². The van der Waals surface area contributed by atoms with Gasteiger partial charge in [0.15, 0.2) is 11.5 Å². The molecule has 0 radical (unpaired) electrons. The van der Waals surface area contributed by atoms with E-state index in [-0.39, 0.29) is 17.8 Å². The van der Waals surface area contributed by atoms with E-state index in [1.165, 1.54) is 6.07 Å². The number of benzene rings is 2. The molecule has 28 heavy (non-hydrogen) atoms. The third-order valence-corrected chi connectivity index (χ3v) is 4.24. The van der Waals surface area contributed by atoms with Gasteiger partial charge in [0.1, 0.15) is 18.9 Å². The van der Waals surface area contributed by atoms with Gasteiger partial charge < -0.3 is 25.4 Å². The van der Waals surface area contributed by atoms with Gasteiger partial charge in [-0.15, -0.1) is 0 Å². The number of nitro benzene ring substituents is 1. The number of fused-ring (bicyclic) bond motifs is 1. The number of ether oxygens (including phenoxy) is 2. The van der Waals surface area contributed by atoms with Gasteiger partial charge in [-0.3, -0.25) is 10.1 Å². The number of urea groups is 1. The molecule has 0 saturated carbocycles. The maximum Gasteiger partial charge on any atom is 0.315 e. The van der Waals surface area contributed by atoms with Crippen LogP contribution < -0.4 is 25.4 Å². The topological polar surface area (TPSA) is 115 Å². The van der Waals surface area contributed by atoms with Crippen LogP contribution in [-0.2, 0) is 0 Å². The van der Waals surface area contributed by atoms with Crippen LogP contribution in [0.4, 0.5) is 16.2 Å². The van der Waals surface area contributed by atoms with Gasteiger partial charge >= 0.3 is 6.03 Å². The summed E-state index contributed by atoms with van der Waals surface area (Å²) in [6, 6.07) is 11.4. The number of anilines is 1. The zero-order valence-electron chi connectivity index (χ0n) is 15.4. The Hall–Kier alpha value is -3.49. The first-order chi connectivity index (χ1) is 13.5. The predicted octanol–water partition coefficient (Wildman–Crippen LogP) is 2.84. The van der Waals surface area contributed by atoms with Crippen molar-refractivity contribution in [2.75, 3.05) is 31.6 Å². The number of nitrogens with one attached hydrogen (secondary N) is 3. The molecule has 2 aromatic carbocycles. The van der Waals surface area contributed by atoms with Gasteiger partial charge in [-0.25, -0.2) is 4.79 Å². The van der Waals surface area contributed by atoms with Crippen LogP contribution in [-0.4, -0.2) is 37.3 Å². The van der Waals surface area contributed by atoms with Gasteiger partial charge in [0.25, 0.3) is 5.69 Å². The van der Waals surface area contributed by atoms with Gasteiger partial charge in [0.2, 0.25) is 0 Å². The molecule has 9 heteroatoms. The minimum absolute atomic E-state index is 0.000758. The maximum atomic E-state index is 12.1. The molecule has 9 nitrogen and oxygen atoms in total. The number of nitro groups is 1. The number of carbonyl (C=O) groups is 1. The van der Waals surface area contributed by atoms with Crippen molar-refractivity contribution in [1.82, 2.24) is 10.6 Å². The van der Waals surface area contributed by atoms with Gasteiger partial charge in [-0.2, -0.15) is 0 Å². The number of para-hydroxylation sites is 2. The van der Waals surface area contributed by atoms with Crippen molar-refractivity contribution in [2.45, 2.75) is 13.0 Å².